The molecule has 1 aromatic carbocycles. The lowest BCUT2D eigenvalue weighted by Gasteiger charge is -2.24. The topological polar surface area (TPSA) is 65.7 Å². The largest absolute Gasteiger partial charge is 0.496 e. The minimum atomic E-state index is -0.166. The molecule has 0 saturated heterocycles. The lowest BCUT2D eigenvalue weighted by atomic mass is 10.0. The molecule has 1 aliphatic rings. The SMILES string of the molecule is CCOc1ccc(C(NN)C2=CCCCO2)cc1OCC. The molecule has 5 nitrogen and oxygen atoms in total. The summed E-state index contributed by atoms with van der Waals surface area (Å²) < 4.78 is 16.9. The van der Waals surface area contributed by atoms with Crippen molar-refractivity contribution in [2.24, 2.45) is 5.84 Å². The molecule has 1 aromatic rings. The highest BCUT2D eigenvalue weighted by molar-refractivity contribution is 5.45. The first kappa shape index (κ1) is 15.7. The highest BCUT2D eigenvalue weighted by Gasteiger charge is 2.20. The Balaban J connectivity index is 2.28. The van der Waals surface area contributed by atoms with Crippen LogP contribution in [0.25, 0.3) is 0 Å². The predicted molar refractivity (Wildman–Crippen MR) is 82.1 cm³/mol. The van der Waals surface area contributed by atoms with Gasteiger partial charge < -0.3 is 14.2 Å². The van der Waals surface area contributed by atoms with Gasteiger partial charge in [0, 0.05) is 0 Å². The van der Waals surface area contributed by atoms with Gasteiger partial charge in [-0.25, -0.2) is 5.43 Å². The fourth-order valence-corrected chi connectivity index (χ4v) is 2.37. The summed E-state index contributed by atoms with van der Waals surface area (Å²) in [5.41, 5.74) is 3.82. The maximum atomic E-state index is 5.71. The predicted octanol–water partition coefficient (Wildman–Crippen LogP) is 2.68. The molecular weight excluding hydrogens is 268 g/mol. The highest BCUT2D eigenvalue weighted by Crippen LogP contribution is 2.33. The molecule has 3 N–H and O–H groups in total. The monoisotopic (exact) mass is 292 g/mol. The van der Waals surface area contributed by atoms with Crippen molar-refractivity contribution in [2.45, 2.75) is 32.7 Å². The van der Waals surface area contributed by atoms with Gasteiger partial charge in [-0.2, -0.15) is 0 Å². The van der Waals surface area contributed by atoms with Crippen LogP contribution in [0.2, 0.25) is 0 Å². The van der Waals surface area contributed by atoms with Gasteiger partial charge in [0.25, 0.3) is 0 Å². The van der Waals surface area contributed by atoms with Crippen molar-refractivity contribution in [3.8, 4) is 11.5 Å². The molecular formula is C16H24N2O3. The molecule has 1 unspecified atom stereocenters. The summed E-state index contributed by atoms with van der Waals surface area (Å²) in [5.74, 6) is 8.06. The zero-order valence-electron chi connectivity index (χ0n) is 12.7. The van der Waals surface area contributed by atoms with E-state index in [0.717, 1.165) is 42.3 Å². The van der Waals surface area contributed by atoms with Crippen molar-refractivity contribution < 1.29 is 14.2 Å². The van der Waals surface area contributed by atoms with E-state index in [-0.39, 0.29) is 6.04 Å². The highest BCUT2D eigenvalue weighted by atomic mass is 16.5. The average molecular weight is 292 g/mol. The van der Waals surface area contributed by atoms with Gasteiger partial charge in [0.05, 0.1) is 19.8 Å². The maximum absolute atomic E-state index is 5.71. The van der Waals surface area contributed by atoms with Crippen LogP contribution >= 0.6 is 0 Å². The second-order valence-corrected chi connectivity index (χ2v) is 4.77. The number of ether oxygens (including phenoxy) is 3. The van der Waals surface area contributed by atoms with Crippen molar-refractivity contribution in [3.05, 3.63) is 35.6 Å². The molecule has 1 heterocycles. The van der Waals surface area contributed by atoms with Crippen molar-refractivity contribution in [3.63, 3.8) is 0 Å². The quantitative estimate of drug-likeness (QED) is 0.597. The van der Waals surface area contributed by atoms with Crippen LogP contribution in [0.4, 0.5) is 0 Å². The van der Waals surface area contributed by atoms with Crippen LogP contribution in [-0.4, -0.2) is 19.8 Å². The van der Waals surface area contributed by atoms with E-state index in [1.165, 1.54) is 0 Å². The first-order chi connectivity index (χ1) is 10.3. The molecule has 0 aromatic heterocycles. The molecule has 1 atom stereocenters. The summed E-state index contributed by atoms with van der Waals surface area (Å²) in [5, 5.41) is 0. The van der Waals surface area contributed by atoms with Gasteiger partial charge in [0.2, 0.25) is 0 Å². The van der Waals surface area contributed by atoms with E-state index in [4.69, 9.17) is 20.1 Å². The Morgan fingerprint density at radius 1 is 1.24 bits per heavy atom. The third-order valence-electron chi connectivity index (χ3n) is 3.31. The Bertz CT molecular complexity index is 488. The summed E-state index contributed by atoms with van der Waals surface area (Å²) in [6, 6.07) is 5.69. The Kier molecular flexibility index (Phi) is 5.90. The molecule has 1 aliphatic heterocycles. The molecule has 0 bridgehead atoms. The summed E-state index contributed by atoms with van der Waals surface area (Å²) >= 11 is 0. The van der Waals surface area contributed by atoms with E-state index in [1.807, 2.05) is 32.0 Å². The first-order valence-corrected chi connectivity index (χ1v) is 7.48. The Hall–Kier alpha value is -1.72. The van der Waals surface area contributed by atoms with E-state index >= 15 is 0 Å². The average Bonchev–Trinajstić information content (AvgIpc) is 2.52. The molecule has 0 aliphatic carbocycles. The van der Waals surface area contributed by atoms with Crippen LogP contribution in [-0.2, 0) is 4.74 Å². The number of hydrogen-bond donors (Lipinski definition) is 2. The van der Waals surface area contributed by atoms with Crippen LogP contribution in [0.5, 0.6) is 11.5 Å². The van der Waals surface area contributed by atoms with E-state index in [1.54, 1.807) is 0 Å². The minimum Gasteiger partial charge on any atom is -0.496 e. The number of nitrogens with two attached hydrogens (primary N) is 1. The Morgan fingerprint density at radius 3 is 2.62 bits per heavy atom. The van der Waals surface area contributed by atoms with E-state index in [9.17, 15) is 0 Å². The van der Waals surface area contributed by atoms with E-state index in [2.05, 4.69) is 11.5 Å². The standard InChI is InChI=1S/C16H24N2O3/c1-3-19-13-9-8-12(11-15(13)20-4-2)16(18-17)14-7-5-6-10-21-14/h7-9,11,16,18H,3-6,10,17H2,1-2H3. The molecule has 0 amide bonds. The van der Waals surface area contributed by atoms with E-state index < -0.39 is 0 Å². The maximum Gasteiger partial charge on any atom is 0.161 e. The second kappa shape index (κ2) is 7.90. The third-order valence-corrected chi connectivity index (χ3v) is 3.31. The number of rotatable bonds is 7. The van der Waals surface area contributed by atoms with Crippen LogP contribution in [0.1, 0.15) is 38.3 Å². The van der Waals surface area contributed by atoms with Gasteiger partial charge in [0.1, 0.15) is 11.8 Å². The number of nitrogens with one attached hydrogen (secondary N) is 1. The van der Waals surface area contributed by atoms with Crippen molar-refractivity contribution >= 4 is 0 Å². The molecule has 21 heavy (non-hydrogen) atoms. The number of hydrazine groups is 1. The Morgan fingerprint density at radius 2 is 2.00 bits per heavy atom. The van der Waals surface area contributed by atoms with Crippen molar-refractivity contribution in [1.29, 1.82) is 0 Å². The molecule has 0 spiro atoms. The Labute approximate surface area is 126 Å². The molecule has 0 radical (unpaired) electrons. The van der Waals surface area contributed by atoms with Gasteiger partial charge in [-0.1, -0.05) is 6.07 Å². The fourth-order valence-electron chi connectivity index (χ4n) is 2.37. The normalized spacial score (nSPS) is 15.9. The zero-order chi connectivity index (χ0) is 15.1. The molecule has 5 heteroatoms. The van der Waals surface area contributed by atoms with Crippen LogP contribution in [0.15, 0.2) is 30.0 Å². The summed E-state index contributed by atoms with van der Waals surface area (Å²) in [7, 11) is 0. The number of hydrogen-bond acceptors (Lipinski definition) is 5. The second-order valence-electron chi connectivity index (χ2n) is 4.77. The lowest BCUT2D eigenvalue weighted by Crippen LogP contribution is -2.31. The molecule has 116 valence electrons. The smallest absolute Gasteiger partial charge is 0.161 e. The summed E-state index contributed by atoms with van der Waals surface area (Å²) in [4.78, 5) is 0. The molecule has 0 fully saturated rings. The van der Waals surface area contributed by atoms with Crippen molar-refractivity contribution in [2.75, 3.05) is 19.8 Å². The zero-order valence-corrected chi connectivity index (χ0v) is 12.7. The number of benzene rings is 1. The van der Waals surface area contributed by atoms with Gasteiger partial charge in [0.15, 0.2) is 11.5 Å². The first-order valence-electron chi connectivity index (χ1n) is 7.48. The van der Waals surface area contributed by atoms with Crippen LogP contribution in [0, 0.1) is 0 Å². The van der Waals surface area contributed by atoms with Gasteiger partial charge in [-0.3, -0.25) is 5.84 Å². The minimum absolute atomic E-state index is 0.166. The summed E-state index contributed by atoms with van der Waals surface area (Å²) in [6.45, 7) is 5.83. The number of allylic oxidation sites excluding steroid dienone is 1. The van der Waals surface area contributed by atoms with E-state index in [0.29, 0.717) is 13.2 Å². The summed E-state index contributed by atoms with van der Waals surface area (Å²) in [6.07, 6.45) is 4.15. The fraction of sp³-hybridized carbons (Fsp3) is 0.500. The molecule has 0 saturated carbocycles. The van der Waals surface area contributed by atoms with Gasteiger partial charge >= 0.3 is 0 Å². The van der Waals surface area contributed by atoms with Crippen molar-refractivity contribution in [1.82, 2.24) is 5.43 Å². The van der Waals surface area contributed by atoms with Gasteiger partial charge in [-0.05, 0) is 50.5 Å². The molecule has 2 rings (SSSR count). The van der Waals surface area contributed by atoms with Crippen LogP contribution < -0.4 is 20.7 Å². The van der Waals surface area contributed by atoms with Crippen LogP contribution in [0.3, 0.4) is 0 Å². The lowest BCUT2D eigenvalue weighted by molar-refractivity contribution is 0.167. The third kappa shape index (κ3) is 3.89. The van der Waals surface area contributed by atoms with Gasteiger partial charge in [-0.15, -0.1) is 0 Å².